The molecule has 1 heterocycles. The Morgan fingerprint density at radius 3 is 2.67 bits per heavy atom. The minimum absolute atomic E-state index is 0.0706. The highest BCUT2D eigenvalue weighted by molar-refractivity contribution is 5.78. The van der Waals surface area contributed by atoms with E-state index in [1.165, 1.54) is 0 Å². The number of carbonyl (C=O) groups is 1. The van der Waals surface area contributed by atoms with Crippen molar-refractivity contribution in [2.24, 2.45) is 5.73 Å². The molecular weight excluding hydrogens is 266 g/mol. The van der Waals surface area contributed by atoms with E-state index in [9.17, 15) is 9.90 Å². The molecule has 1 saturated heterocycles. The number of nitrogens with two attached hydrogens (primary N) is 1. The predicted octanol–water partition coefficient (Wildman–Crippen LogP) is 1.33. The van der Waals surface area contributed by atoms with Gasteiger partial charge in [-0.05, 0) is 25.8 Å². The Hall–Kier alpha value is -1.59. The fourth-order valence-corrected chi connectivity index (χ4v) is 2.68. The Balaban J connectivity index is 1.94. The standard InChI is InChI=1S/C16H25N3O2/c1-12(14-5-3-4-6-15(14)20)18(2)16(21)11-19-9-7-13(17)8-10-19/h3-6,12-13,20H,7-11,17H2,1-2H3. The number of nitrogens with zero attached hydrogens (tertiary/aromatic N) is 2. The fraction of sp³-hybridized carbons (Fsp3) is 0.562. The van der Waals surface area contributed by atoms with Crippen molar-refractivity contribution in [2.75, 3.05) is 26.7 Å². The first-order valence-electron chi connectivity index (χ1n) is 7.50. The molecule has 0 radical (unpaired) electrons. The van der Waals surface area contributed by atoms with Gasteiger partial charge in [0.2, 0.25) is 5.91 Å². The lowest BCUT2D eigenvalue weighted by Crippen LogP contribution is -2.45. The molecule has 1 unspecified atom stereocenters. The van der Waals surface area contributed by atoms with Crippen LogP contribution in [0.5, 0.6) is 5.75 Å². The van der Waals surface area contributed by atoms with E-state index in [0.717, 1.165) is 31.5 Å². The van der Waals surface area contributed by atoms with Crippen molar-refractivity contribution in [3.63, 3.8) is 0 Å². The lowest BCUT2D eigenvalue weighted by molar-refractivity contribution is -0.133. The highest BCUT2D eigenvalue weighted by Crippen LogP contribution is 2.27. The number of hydrogen-bond acceptors (Lipinski definition) is 4. The summed E-state index contributed by atoms with van der Waals surface area (Å²) in [6, 6.07) is 7.28. The van der Waals surface area contributed by atoms with E-state index in [-0.39, 0.29) is 23.7 Å². The van der Waals surface area contributed by atoms with Gasteiger partial charge in [0.15, 0.2) is 0 Å². The van der Waals surface area contributed by atoms with E-state index in [1.54, 1.807) is 24.1 Å². The van der Waals surface area contributed by atoms with Crippen LogP contribution in [0.25, 0.3) is 0 Å². The number of rotatable bonds is 4. The maximum Gasteiger partial charge on any atom is 0.236 e. The second-order valence-corrected chi connectivity index (χ2v) is 5.85. The number of likely N-dealkylation sites (tertiary alicyclic amines) is 1. The van der Waals surface area contributed by atoms with Crippen LogP contribution < -0.4 is 5.73 Å². The SMILES string of the molecule is CC(c1ccccc1O)N(C)C(=O)CN1CCC(N)CC1. The summed E-state index contributed by atoms with van der Waals surface area (Å²) in [6.07, 6.45) is 1.90. The molecule has 0 aliphatic carbocycles. The van der Waals surface area contributed by atoms with Crippen LogP contribution in [0.3, 0.4) is 0 Å². The molecule has 5 nitrogen and oxygen atoms in total. The molecule has 3 N–H and O–H groups in total. The molecule has 1 aliphatic rings. The first kappa shape index (κ1) is 15.8. The Morgan fingerprint density at radius 1 is 1.43 bits per heavy atom. The molecule has 21 heavy (non-hydrogen) atoms. The summed E-state index contributed by atoms with van der Waals surface area (Å²) >= 11 is 0. The number of phenols is 1. The quantitative estimate of drug-likeness (QED) is 0.878. The first-order chi connectivity index (χ1) is 9.99. The number of phenolic OH excluding ortho intramolecular Hbond substituents is 1. The smallest absolute Gasteiger partial charge is 0.236 e. The molecule has 1 atom stereocenters. The van der Waals surface area contributed by atoms with E-state index in [4.69, 9.17) is 5.73 Å². The maximum atomic E-state index is 12.4. The number of aromatic hydroxyl groups is 1. The Labute approximate surface area is 126 Å². The van der Waals surface area contributed by atoms with Crippen molar-refractivity contribution in [3.05, 3.63) is 29.8 Å². The largest absolute Gasteiger partial charge is 0.508 e. The highest BCUT2D eigenvalue weighted by Gasteiger charge is 2.23. The zero-order valence-corrected chi connectivity index (χ0v) is 12.8. The van der Waals surface area contributed by atoms with Crippen molar-refractivity contribution in [3.8, 4) is 5.75 Å². The average molecular weight is 291 g/mol. The second-order valence-electron chi connectivity index (χ2n) is 5.85. The summed E-state index contributed by atoms with van der Waals surface area (Å²) in [4.78, 5) is 16.2. The molecule has 1 aliphatic heterocycles. The number of amides is 1. The van der Waals surface area contributed by atoms with E-state index in [0.29, 0.717) is 6.54 Å². The lowest BCUT2D eigenvalue weighted by atomic mass is 10.1. The number of likely N-dealkylation sites (N-methyl/N-ethyl adjacent to an activating group) is 1. The van der Waals surface area contributed by atoms with Crippen molar-refractivity contribution in [1.82, 2.24) is 9.80 Å². The number of benzene rings is 1. The fourth-order valence-electron chi connectivity index (χ4n) is 2.68. The normalized spacial score (nSPS) is 18.4. The molecule has 116 valence electrons. The van der Waals surface area contributed by atoms with Crippen molar-refractivity contribution < 1.29 is 9.90 Å². The highest BCUT2D eigenvalue weighted by atomic mass is 16.3. The van der Waals surface area contributed by atoms with Crippen LogP contribution in [0, 0.1) is 0 Å². The molecule has 0 saturated carbocycles. The molecule has 2 rings (SSSR count). The minimum atomic E-state index is -0.147. The van der Waals surface area contributed by atoms with Crippen molar-refractivity contribution in [1.29, 1.82) is 0 Å². The molecule has 0 spiro atoms. The summed E-state index contributed by atoms with van der Waals surface area (Å²) < 4.78 is 0. The third-order valence-electron chi connectivity index (χ3n) is 4.35. The van der Waals surface area contributed by atoms with Gasteiger partial charge < -0.3 is 15.7 Å². The molecule has 5 heteroatoms. The van der Waals surface area contributed by atoms with Crippen LogP contribution in [0.2, 0.25) is 0 Å². The number of carbonyl (C=O) groups excluding carboxylic acids is 1. The monoisotopic (exact) mass is 291 g/mol. The Bertz CT molecular complexity index is 484. The van der Waals surface area contributed by atoms with Gasteiger partial charge in [0.25, 0.3) is 0 Å². The van der Waals surface area contributed by atoms with E-state index in [1.807, 2.05) is 19.1 Å². The van der Waals surface area contributed by atoms with Crippen LogP contribution in [0.4, 0.5) is 0 Å². The average Bonchev–Trinajstić information content (AvgIpc) is 2.48. The third-order valence-corrected chi connectivity index (χ3v) is 4.35. The van der Waals surface area contributed by atoms with Crippen molar-refractivity contribution >= 4 is 5.91 Å². The number of piperidine rings is 1. The summed E-state index contributed by atoms with van der Waals surface area (Å²) in [6.45, 7) is 4.11. The van der Waals surface area contributed by atoms with Gasteiger partial charge in [0.05, 0.1) is 12.6 Å². The summed E-state index contributed by atoms with van der Waals surface area (Å²) in [5.74, 6) is 0.301. The van der Waals surface area contributed by atoms with Gasteiger partial charge >= 0.3 is 0 Å². The van der Waals surface area contributed by atoms with Crippen LogP contribution in [0.15, 0.2) is 24.3 Å². The van der Waals surface area contributed by atoms with Crippen molar-refractivity contribution in [2.45, 2.75) is 31.8 Å². The molecule has 1 fully saturated rings. The van der Waals surface area contributed by atoms with E-state index >= 15 is 0 Å². The van der Waals surface area contributed by atoms with Gasteiger partial charge in [0, 0.05) is 31.7 Å². The van der Waals surface area contributed by atoms with Gasteiger partial charge in [-0.15, -0.1) is 0 Å². The molecule has 1 aromatic rings. The van der Waals surface area contributed by atoms with E-state index < -0.39 is 0 Å². The summed E-state index contributed by atoms with van der Waals surface area (Å²) in [5, 5.41) is 9.90. The lowest BCUT2D eigenvalue weighted by Gasteiger charge is -2.32. The van der Waals surface area contributed by atoms with Gasteiger partial charge in [-0.1, -0.05) is 18.2 Å². The topological polar surface area (TPSA) is 69.8 Å². The Morgan fingerprint density at radius 2 is 2.05 bits per heavy atom. The summed E-state index contributed by atoms with van der Waals surface area (Å²) in [7, 11) is 1.79. The predicted molar refractivity (Wildman–Crippen MR) is 82.9 cm³/mol. The zero-order chi connectivity index (χ0) is 15.4. The molecule has 1 aromatic carbocycles. The third kappa shape index (κ3) is 3.95. The molecule has 1 amide bonds. The van der Waals surface area contributed by atoms with E-state index in [2.05, 4.69) is 4.90 Å². The van der Waals surface area contributed by atoms with Gasteiger partial charge in [-0.3, -0.25) is 9.69 Å². The Kier molecular flexibility index (Phi) is 5.20. The summed E-state index contributed by atoms with van der Waals surface area (Å²) in [5.41, 5.74) is 6.65. The zero-order valence-electron chi connectivity index (χ0n) is 12.8. The van der Waals surface area contributed by atoms with Crippen LogP contribution >= 0.6 is 0 Å². The maximum absolute atomic E-state index is 12.4. The number of para-hydroxylation sites is 1. The van der Waals surface area contributed by atoms with Gasteiger partial charge in [0.1, 0.15) is 5.75 Å². The minimum Gasteiger partial charge on any atom is -0.508 e. The van der Waals surface area contributed by atoms with Crippen LogP contribution in [-0.2, 0) is 4.79 Å². The number of hydrogen-bond donors (Lipinski definition) is 2. The van der Waals surface area contributed by atoms with Gasteiger partial charge in [-0.25, -0.2) is 0 Å². The molecule has 0 aromatic heterocycles. The van der Waals surface area contributed by atoms with Crippen LogP contribution in [-0.4, -0.2) is 53.5 Å². The van der Waals surface area contributed by atoms with Crippen LogP contribution in [0.1, 0.15) is 31.4 Å². The first-order valence-corrected chi connectivity index (χ1v) is 7.50. The van der Waals surface area contributed by atoms with Gasteiger partial charge in [-0.2, -0.15) is 0 Å². The molecule has 0 bridgehead atoms. The molecular formula is C16H25N3O2. The second kappa shape index (κ2) is 6.91.